The number of aliphatic hydroxyl groups excluding tert-OH is 2. The molecule has 9 nitrogen and oxygen atoms in total. The molecule has 0 spiro atoms. The summed E-state index contributed by atoms with van der Waals surface area (Å²) in [5, 5.41) is 22.5. The van der Waals surface area contributed by atoms with E-state index in [2.05, 4.69) is 44.5 Å². The summed E-state index contributed by atoms with van der Waals surface area (Å²) in [6, 6.07) is 31.7. The summed E-state index contributed by atoms with van der Waals surface area (Å²) in [7, 11) is 0. The summed E-state index contributed by atoms with van der Waals surface area (Å²) in [5.41, 5.74) is 7.60. The Morgan fingerprint density at radius 1 is 0.872 bits per heavy atom. The third-order valence-corrected chi connectivity index (χ3v) is 8.90. The van der Waals surface area contributed by atoms with Crippen molar-refractivity contribution in [3.8, 4) is 11.1 Å². The van der Waals surface area contributed by atoms with Crippen LogP contribution in [0.1, 0.15) is 58.0 Å². The summed E-state index contributed by atoms with van der Waals surface area (Å²) >= 11 is 0. The maximum Gasteiger partial charge on any atom is 0.271 e. The lowest BCUT2D eigenvalue weighted by atomic mass is 9.99. The van der Waals surface area contributed by atoms with Gasteiger partial charge in [0, 0.05) is 38.2 Å². The van der Waals surface area contributed by atoms with Crippen molar-refractivity contribution in [1.29, 1.82) is 0 Å². The number of para-hydroxylation sites is 2. The molecule has 2 saturated heterocycles. The molecule has 240 valence electrons. The fourth-order valence-corrected chi connectivity index (χ4v) is 6.33. The molecule has 4 atom stereocenters. The van der Waals surface area contributed by atoms with Gasteiger partial charge in [-0.15, -0.1) is 0 Å². The van der Waals surface area contributed by atoms with Crippen LogP contribution in [0.2, 0.25) is 0 Å². The fraction of sp³-hybridized carbons (Fsp3) is 0.289. The molecule has 7 rings (SSSR count). The number of benzene rings is 4. The number of fused-ring (bicyclic) bond motifs is 1. The van der Waals surface area contributed by atoms with Crippen LogP contribution in [0.25, 0.3) is 22.2 Å². The highest BCUT2D eigenvalue weighted by Gasteiger charge is 2.34. The van der Waals surface area contributed by atoms with Crippen LogP contribution in [-0.4, -0.2) is 62.8 Å². The smallest absolute Gasteiger partial charge is 0.271 e. The molecule has 2 aliphatic heterocycles. The Hall–Kier alpha value is -4.51. The number of aliphatic hydroxyl groups is 2. The molecule has 2 fully saturated rings. The molecule has 0 bridgehead atoms. The van der Waals surface area contributed by atoms with E-state index in [0.717, 1.165) is 58.4 Å². The van der Waals surface area contributed by atoms with E-state index in [1.807, 2.05) is 72.8 Å². The van der Waals surface area contributed by atoms with E-state index < -0.39 is 6.29 Å². The molecule has 5 aromatic rings. The predicted octanol–water partition coefficient (Wildman–Crippen LogP) is 5.33. The number of aromatic nitrogens is 2. The Kier molecular flexibility index (Phi) is 9.32. The van der Waals surface area contributed by atoms with Gasteiger partial charge in [-0.05, 0) is 52.4 Å². The minimum absolute atomic E-state index is 0.00185. The average molecular weight is 631 g/mol. The zero-order valence-corrected chi connectivity index (χ0v) is 26.0. The lowest BCUT2D eigenvalue weighted by molar-refractivity contribution is -0.252. The van der Waals surface area contributed by atoms with Crippen molar-refractivity contribution >= 4 is 16.9 Å². The lowest BCUT2D eigenvalue weighted by Gasteiger charge is -2.37. The number of hydrogen-bond donors (Lipinski definition) is 3. The summed E-state index contributed by atoms with van der Waals surface area (Å²) < 4.78 is 13.0. The van der Waals surface area contributed by atoms with Crippen LogP contribution in [0, 0.1) is 0 Å². The van der Waals surface area contributed by atoms with Gasteiger partial charge in [0.25, 0.3) is 5.91 Å². The minimum Gasteiger partial charge on any atom is -0.392 e. The van der Waals surface area contributed by atoms with Crippen LogP contribution < -0.4 is 5.32 Å². The van der Waals surface area contributed by atoms with Crippen LogP contribution in [0.4, 0.5) is 0 Å². The highest BCUT2D eigenvalue weighted by molar-refractivity contribution is 5.93. The maximum absolute atomic E-state index is 12.8. The van der Waals surface area contributed by atoms with Gasteiger partial charge in [-0.1, -0.05) is 78.9 Å². The number of β-amino-alcohol motifs (C(OH)–C–C–N with tert-alkyl or cyclic N) is 1. The molecule has 0 aliphatic carbocycles. The molecule has 0 unspecified atom stereocenters. The summed E-state index contributed by atoms with van der Waals surface area (Å²) in [5.74, 6) is -0.271. The minimum atomic E-state index is -0.544. The van der Waals surface area contributed by atoms with Gasteiger partial charge in [0.2, 0.25) is 0 Å². The third kappa shape index (κ3) is 7.40. The first-order valence-corrected chi connectivity index (χ1v) is 16.1. The molecule has 9 heteroatoms. The van der Waals surface area contributed by atoms with E-state index in [-0.39, 0.29) is 36.5 Å². The van der Waals surface area contributed by atoms with Gasteiger partial charge in [-0.2, -0.15) is 0 Å². The van der Waals surface area contributed by atoms with E-state index in [9.17, 15) is 15.0 Å². The van der Waals surface area contributed by atoms with Gasteiger partial charge in [0.15, 0.2) is 6.29 Å². The van der Waals surface area contributed by atoms with Crippen LogP contribution in [0.3, 0.4) is 0 Å². The van der Waals surface area contributed by atoms with Gasteiger partial charge in [-0.25, -0.2) is 4.98 Å². The Morgan fingerprint density at radius 3 is 2.43 bits per heavy atom. The van der Waals surface area contributed by atoms with E-state index >= 15 is 0 Å². The monoisotopic (exact) mass is 630 g/mol. The molecule has 3 N–H and O–H groups in total. The van der Waals surface area contributed by atoms with Crippen LogP contribution >= 0.6 is 0 Å². The van der Waals surface area contributed by atoms with Gasteiger partial charge >= 0.3 is 0 Å². The van der Waals surface area contributed by atoms with Crippen molar-refractivity contribution in [2.24, 2.45) is 0 Å². The number of carbonyl (C=O) groups excluding carboxylic acids is 1. The van der Waals surface area contributed by atoms with E-state index in [1.165, 1.54) is 6.20 Å². The first-order chi connectivity index (χ1) is 23.0. The first kappa shape index (κ1) is 31.1. The van der Waals surface area contributed by atoms with Crippen molar-refractivity contribution < 1.29 is 24.5 Å². The Balaban J connectivity index is 1.03. The average Bonchev–Trinajstić information content (AvgIpc) is 3.54. The zero-order chi connectivity index (χ0) is 32.2. The molecule has 3 heterocycles. The summed E-state index contributed by atoms with van der Waals surface area (Å²) in [4.78, 5) is 23.9. The molecular weight excluding hydrogens is 592 g/mol. The van der Waals surface area contributed by atoms with Crippen molar-refractivity contribution in [1.82, 2.24) is 20.2 Å². The Bertz CT molecular complexity index is 1830. The van der Waals surface area contributed by atoms with Crippen molar-refractivity contribution in [3.63, 3.8) is 0 Å². The highest BCUT2D eigenvalue weighted by Crippen LogP contribution is 2.39. The summed E-state index contributed by atoms with van der Waals surface area (Å²) in [6.07, 6.45) is 1.94. The SMILES string of the molecule is O=C(NCc1cccc(-c2ccc([C@H]3O[C@@H](CN4CC[C@H](O)C4)C[C@@H](c4ccc(CO)cc4)O3)cc2)c1)c1cnc2ccccc2n1. The number of nitrogens with zero attached hydrogens (tertiary/aromatic N) is 3. The number of amides is 1. The standard InChI is InChI=1S/C38H38N4O5/c43-24-25-8-10-28(11-9-25)36-19-32(23-42-17-16-31(44)22-42)46-38(47-36)29-14-12-27(13-15-29)30-5-3-4-26(18-30)20-40-37(45)35-21-39-33-6-1-2-7-34(33)41-35/h1-15,18,21,31-32,36,38,43-44H,16-17,19-20,22-24H2,(H,40,45)/t31-,32+,36-,38-/m0/s1. The van der Waals surface area contributed by atoms with Gasteiger partial charge < -0.3 is 25.0 Å². The molecule has 2 aliphatic rings. The quantitative estimate of drug-likeness (QED) is 0.200. The second-order valence-electron chi connectivity index (χ2n) is 12.3. The Labute approximate surface area is 273 Å². The van der Waals surface area contributed by atoms with Crippen LogP contribution in [-0.2, 0) is 22.6 Å². The number of hydrogen-bond acceptors (Lipinski definition) is 8. The van der Waals surface area contributed by atoms with Crippen LogP contribution in [0.5, 0.6) is 0 Å². The predicted molar refractivity (Wildman–Crippen MR) is 178 cm³/mol. The van der Waals surface area contributed by atoms with E-state index in [1.54, 1.807) is 0 Å². The molecule has 4 aromatic carbocycles. The topological polar surface area (TPSA) is 117 Å². The normalized spacial score (nSPS) is 21.6. The molecule has 0 saturated carbocycles. The largest absolute Gasteiger partial charge is 0.392 e. The van der Waals surface area contributed by atoms with E-state index in [0.29, 0.717) is 25.0 Å². The molecule has 1 amide bonds. The number of likely N-dealkylation sites (tertiary alicyclic amines) is 1. The van der Waals surface area contributed by atoms with Gasteiger partial charge in [0.1, 0.15) is 5.69 Å². The maximum atomic E-state index is 12.8. The van der Waals surface area contributed by atoms with Gasteiger partial charge in [-0.3, -0.25) is 14.7 Å². The number of carbonyl (C=O) groups is 1. The number of rotatable bonds is 9. The zero-order valence-electron chi connectivity index (χ0n) is 26.0. The number of nitrogens with one attached hydrogen (secondary N) is 1. The number of ether oxygens (including phenoxy) is 2. The first-order valence-electron chi connectivity index (χ1n) is 16.1. The second kappa shape index (κ2) is 14.1. The molecule has 0 radical (unpaired) electrons. The third-order valence-electron chi connectivity index (χ3n) is 8.90. The Morgan fingerprint density at radius 2 is 1.66 bits per heavy atom. The van der Waals surface area contributed by atoms with Crippen molar-refractivity contribution in [2.45, 2.75) is 50.6 Å². The van der Waals surface area contributed by atoms with Crippen LogP contribution in [0.15, 0.2) is 103 Å². The van der Waals surface area contributed by atoms with Crippen molar-refractivity contribution in [2.75, 3.05) is 19.6 Å². The fourth-order valence-electron chi connectivity index (χ4n) is 6.33. The van der Waals surface area contributed by atoms with Gasteiger partial charge in [0.05, 0.1) is 42.1 Å². The van der Waals surface area contributed by atoms with Crippen molar-refractivity contribution in [3.05, 3.63) is 131 Å². The lowest BCUT2D eigenvalue weighted by Crippen LogP contribution is -2.38. The highest BCUT2D eigenvalue weighted by atomic mass is 16.7. The second-order valence-corrected chi connectivity index (χ2v) is 12.3. The van der Waals surface area contributed by atoms with E-state index in [4.69, 9.17) is 9.47 Å². The molecule has 47 heavy (non-hydrogen) atoms. The molecular formula is C38H38N4O5. The summed E-state index contributed by atoms with van der Waals surface area (Å²) in [6.45, 7) is 2.62. The molecule has 1 aromatic heterocycles.